The summed E-state index contributed by atoms with van der Waals surface area (Å²) >= 11 is 0. The van der Waals surface area contributed by atoms with Crippen LogP contribution in [-0.4, -0.2) is 24.9 Å². The van der Waals surface area contributed by atoms with Gasteiger partial charge in [-0.2, -0.15) is 0 Å². The standard InChI is InChI=1S/C22H24FN3O2/c23-15-5-4-6-17(13-15)25-22(28)20-14-19(20)21(27)24-16-7-9-18(10-8-16)26-11-2-1-3-12-26/h4-10,13,19-20H,1-3,11-12,14H2,(H,24,27)(H,25,28). The summed E-state index contributed by atoms with van der Waals surface area (Å²) in [5.74, 6) is -1.50. The van der Waals surface area contributed by atoms with Crippen molar-refractivity contribution in [3.05, 3.63) is 54.3 Å². The molecule has 0 bridgehead atoms. The van der Waals surface area contributed by atoms with Crippen molar-refractivity contribution in [2.75, 3.05) is 28.6 Å². The lowest BCUT2D eigenvalue weighted by Gasteiger charge is -2.28. The lowest BCUT2D eigenvalue weighted by Crippen LogP contribution is -2.29. The molecule has 0 aromatic heterocycles. The average molecular weight is 381 g/mol. The maximum atomic E-state index is 13.2. The van der Waals surface area contributed by atoms with Crippen LogP contribution in [0.2, 0.25) is 0 Å². The van der Waals surface area contributed by atoms with Crippen molar-refractivity contribution < 1.29 is 14.0 Å². The van der Waals surface area contributed by atoms with Gasteiger partial charge in [-0.15, -0.1) is 0 Å². The second-order valence-electron chi connectivity index (χ2n) is 7.53. The minimum absolute atomic E-state index is 0.148. The lowest BCUT2D eigenvalue weighted by molar-refractivity contribution is -0.122. The number of hydrogen-bond donors (Lipinski definition) is 2. The Balaban J connectivity index is 1.29. The Hall–Kier alpha value is -2.89. The third-order valence-electron chi connectivity index (χ3n) is 5.41. The van der Waals surface area contributed by atoms with Crippen LogP contribution in [0.4, 0.5) is 21.5 Å². The van der Waals surface area contributed by atoms with E-state index in [-0.39, 0.29) is 23.7 Å². The van der Waals surface area contributed by atoms with Crippen molar-refractivity contribution in [2.45, 2.75) is 25.7 Å². The number of rotatable bonds is 5. The van der Waals surface area contributed by atoms with E-state index in [1.54, 1.807) is 6.07 Å². The first-order valence-corrected chi connectivity index (χ1v) is 9.82. The summed E-state index contributed by atoms with van der Waals surface area (Å²) in [7, 11) is 0. The fraction of sp³-hybridized carbons (Fsp3) is 0.364. The van der Waals surface area contributed by atoms with Gasteiger partial charge in [0.1, 0.15) is 5.82 Å². The van der Waals surface area contributed by atoms with Crippen molar-refractivity contribution >= 4 is 28.9 Å². The van der Waals surface area contributed by atoms with E-state index in [1.165, 1.54) is 43.1 Å². The molecule has 1 saturated carbocycles. The lowest BCUT2D eigenvalue weighted by atomic mass is 10.1. The van der Waals surface area contributed by atoms with Gasteiger partial charge in [-0.25, -0.2) is 4.39 Å². The van der Waals surface area contributed by atoms with Crippen LogP contribution in [0.1, 0.15) is 25.7 Å². The van der Waals surface area contributed by atoms with Crippen LogP contribution >= 0.6 is 0 Å². The Kier molecular flexibility index (Phi) is 5.28. The van der Waals surface area contributed by atoms with Crippen LogP contribution in [0.15, 0.2) is 48.5 Å². The summed E-state index contributed by atoms with van der Waals surface area (Å²) in [6.07, 6.45) is 4.25. The molecule has 2 unspecified atom stereocenters. The molecule has 0 radical (unpaired) electrons. The van der Waals surface area contributed by atoms with E-state index in [2.05, 4.69) is 15.5 Å². The molecule has 1 saturated heterocycles. The van der Waals surface area contributed by atoms with Gasteiger partial charge in [0.2, 0.25) is 11.8 Å². The van der Waals surface area contributed by atoms with Gasteiger partial charge in [0.05, 0.1) is 11.8 Å². The van der Waals surface area contributed by atoms with Crippen molar-refractivity contribution in [3.63, 3.8) is 0 Å². The molecule has 4 rings (SSSR count). The van der Waals surface area contributed by atoms with E-state index in [9.17, 15) is 14.0 Å². The molecule has 2 aromatic carbocycles. The monoisotopic (exact) mass is 381 g/mol. The number of amides is 2. The summed E-state index contributed by atoms with van der Waals surface area (Å²) < 4.78 is 13.2. The maximum absolute atomic E-state index is 13.2. The summed E-state index contributed by atoms with van der Waals surface area (Å²) in [5, 5.41) is 5.57. The first kappa shape index (κ1) is 18.5. The van der Waals surface area contributed by atoms with Crippen molar-refractivity contribution in [3.8, 4) is 0 Å². The summed E-state index contributed by atoms with van der Waals surface area (Å²) in [4.78, 5) is 27.0. The number of halogens is 1. The minimum Gasteiger partial charge on any atom is -0.372 e. The summed E-state index contributed by atoms with van der Waals surface area (Å²) in [6.45, 7) is 2.16. The number of carbonyl (C=O) groups is 2. The molecule has 2 atom stereocenters. The van der Waals surface area contributed by atoms with E-state index >= 15 is 0 Å². The highest BCUT2D eigenvalue weighted by Gasteiger charge is 2.48. The Morgan fingerprint density at radius 2 is 1.50 bits per heavy atom. The van der Waals surface area contributed by atoms with E-state index in [0.29, 0.717) is 12.1 Å². The predicted molar refractivity (Wildman–Crippen MR) is 108 cm³/mol. The zero-order valence-electron chi connectivity index (χ0n) is 15.7. The molecular formula is C22H24FN3O2. The Morgan fingerprint density at radius 1 is 0.857 bits per heavy atom. The molecule has 5 nitrogen and oxygen atoms in total. The van der Waals surface area contributed by atoms with Crippen LogP contribution in [0.3, 0.4) is 0 Å². The molecular weight excluding hydrogens is 357 g/mol. The highest BCUT2D eigenvalue weighted by Crippen LogP contribution is 2.40. The molecule has 28 heavy (non-hydrogen) atoms. The molecule has 2 aliphatic rings. The molecule has 1 heterocycles. The van der Waals surface area contributed by atoms with Crippen LogP contribution in [0.25, 0.3) is 0 Å². The van der Waals surface area contributed by atoms with E-state index in [0.717, 1.165) is 18.8 Å². The largest absolute Gasteiger partial charge is 0.372 e. The van der Waals surface area contributed by atoms with Gasteiger partial charge in [0, 0.05) is 30.2 Å². The molecule has 1 aliphatic heterocycles. The Bertz CT molecular complexity index is 862. The number of piperidine rings is 1. The van der Waals surface area contributed by atoms with Crippen LogP contribution in [0, 0.1) is 17.7 Å². The Labute approximate surface area is 163 Å². The average Bonchev–Trinajstić information content (AvgIpc) is 3.51. The number of anilines is 3. The highest BCUT2D eigenvalue weighted by molar-refractivity contribution is 6.03. The second-order valence-corrected chi connectivity index (χ2v) is 7.53. The highest BCUT2D eigenvalue weighted by atomic mass is 19.1. The van der Waals surface area contributed by atoms with Crippen molar-refractivity contribution in [2.24, 2.45) is 11.8 Å². The molecule has 2 amide bonds. The van der Waals surface area contributed by atoms with Gasteiger partial charge < -0.3 is 15.5 Å². The Morgan fingerprint density at radius 3 is 2.14 bits per heavy atom. The summed E-state index contributed by atoms with van der Waals surface area (Å²) in [6, 6.07) is 13.6. The van der Waals surface area contributed by atoms with Gasteiger partial charge in [0.15, 0.2) is 0 Å². The fourth-order valence-corrected chi connectivity index (χ4v) is 3.72. The van der Waals surface area contributed by atoms with Gasteiger partial charge in [-0.05, 0) is 68.1 Å². The van der Waals surface area contributed by atoms with Crippen LogP contribution < -0.4 is 15.5 Å². The van der Waals surface area contributed by atoms with E-state index < -0.39 is 5.82 Å². The molecule has 2 fully saturated rings. The third kappa shape index (κ3) is 4.32. The zero-order valence-corrected chi connectivity index (χ0v) is 15.7. The second kappa shape index (κ2) is 8.00. The van der Waals surface area contributed by atoms with Gasteiger partial charge in [-0.3, -0.25) is 9.59 Å². The number of nitrogens with zero attached hydrogens (tertiary/aromatic N) is 1. The summed E-state index contributed by atoms with van der Waals surface area (Å²) in [5.41, 5.74) is 2.32. The third-order valence-corrected chi connectivity index (χ3v) is 5.41. The first-order chi connectivity index (χ1) is 13.6. The zero-order chi connectivity index (χ0) is 19.5. The van der Waals surface area contributed by atoms with Gasteiger partial charge in [-0.1, -0.05) is 6.07 Å². The number of carbonyl (C=O) groups excluding carboxylic acids is 2. The molecule has 1 aliphatic carbocycles. The van der Waals surface area contributed by atoms with Gasteiger partial charge >= 0.3 is 0 Å². The van der Waals surface area contributed by atoms with Crippen molar-refractivity contribution in [1.29, 1.82) is 0 Å². The van der Waals surface area contributed by atoms with Gasteiger partial charge in [0.25, 0.3) is 0 Å². The maximum Gasteiger partial charge on any atom is 0.228 e. The quantitative estimate of drug-likeness (QED) is 0.822. The van der Waals surface area contributed by atoms with Crippen LogP contribution in [-0.2, 0) is 9.59 Å². The predicted octanol–water partition coefficient (Wildman–Crippen LogP) is 4.03. The topological polar surface area (TPSA) is 61.4 Å². The molecule has 6 heteroatoms. The minimum atomic E-state index is -0.407. The first-order valence-electron chi connectivity index (χ1n) is 9.82. The van der Waals surface area contributed by atoms with Crippen LogP contribution in [0.5, 0.6) is 0 Å². The van der Waals surface area contributed by atoms with E-state index in [1.807, 2.05) is 24.3 Å². The van der Waals surface area contributed by atoms with Crippen molar-refractivity contribution in [1.82, 2.24) is 0 Å². The molecule has 146 valence electrons. The number of nitrogens with one attached hydrogen (secondary N) is 2. The molecule has 2 N–H and O–H groups in total. The molecule has 2 aromatic rings. The fourth-order valence-electron chi connectivity index (χ4n) is 3.72. The van der Waals surface area contributed by atoms with E-state index in [4.69, 9.17) is 0 Å². The smallest absolute Gasteiger partial charge is 0.228 e. The number of hydrogen-bond acceptors (Lipinski definition) is 3. The molecule has 0 spiro atoms. The SMILES string of the molecule is O=C(Nc1ccc(N2CCCCC2)cc1)C1CC1C(=O)Nc1cccc(F)c1. The number of benzene rings is 2. The normalized spacial score (nSPS) is 21.1.